The highest BCUT2D eigenvalue weighted by molar-refractivity contribution is 6.13. The highest BCUT2D eigenvalue weighted by atomic mass is 16.3. The molecule has 0 N–H and O–H groups in total. The number of hydrogen-bond acceptors (Lipinski definition) is 4. The maximum atomic E-state index is 6.66. The Labute approximate surface area is 217 Å². The standard InChI is InChI=1S/C34H20N2O2/c1-6-25(22-13-11-21(12-14-22)24-5-3-17-35-20-24)33-27(8-1)28-9-2-7-26(34(28)38-33)23-15-16-29-31(19-23)37-30-10-4-18-36-32(29)30/h1-20H. The third-order valence-corrected chi connectivity index (χ3v) is 7.25. The highest BCUT2D eigenvalue weighted by Crippen LogP contribution is 2.41. The van der Waals surface area contributed by atoms with Crippen LogP contribution in [0.5, 0.6) is 0 Å². The lowest BCUT2D eigenvalue weighted by Crippen LogP contribution is -1.82. The van der Waals surface area contributed by atoms with Gasteiger partial charge >= 0.3 is 0 Å². The Morgan fingerprint density at radius 3 is 1.95 bits per heavy atom. The van der Waals surface area contributed by atoms with Gasteiger partial charge in [0.1, 0.15) is 22.3 Å². The fourth-order valence-corrected chi connectivity index (χ4v) is 5.41. The van der Waals surface area contributed by atoms with E-state index in [-0.39, 0.29) is 0 Å². The molecule has 38 heavy (non-hydrogen) atoms. The van der Waals surface area contributed by atoms with E-state index in [0.29, 0.717) is 0 Å². The molecule has 0 fully saturated rings. The van der Waals surface area contributed by atoms with E-state index in [0.717, 1.165) is 77.4 Å². The van der Waals surface area contributed by atoms with Crippen molar-refractivity contribution < 1.29 is 8.83 Å². The van der Waals surface area contributed by atoms with Crippen LogP contribution in [0.4, 0.5) is 0 Å². The lowest BCUT2D eigenvalue weighted by atomic mass is 9.98. The number of aromatic nitrogens is 2. The van der Waals surface area contributed by atoms with E-state index in [2.05, 4.69) is 94.9 Å². The zero-order valence-corrected chi connectivity index (χ0v) is 20.3. The van der Waals surface area contributed by atoms with Crippen LogP contribution in [-0.2, 0) is 0 Å². The van der Waals surface area contributed by atoms with Gasteiger partial charge in [-0.1, -0.05) is 72.8 Å². The molecule has 4 aromatic heterocycles. The van der Waals surface area contributed by atoms with E-state index in [9.17, 15) is 0 Å². The maximum Gasteiger partial charge on any atom is 0.153 e. The van der Waals surface area contributed by atoms with Gasteiger partial charge in [-0.2, -0.15) is 0 Å². The van der Waals surface area contributed by atoms with E-state index in [1.165, 1.54) is 0 Å². The molecule has 0 saturated carbocycles. The molecule has 0 bridgehead atoms. The Balaban J connectivity index is 1.28. The van der Waals surface area contributed by atoms with Gasteiger partial charge in [-0.3, -0.25) is 9.97 Å². The Morgan fingerprint density at radius 1 is 0.474 bits per heavy atom. The smallest absolute Gasteiger partial charge is 0.153 e. The first-order chi connectivity index (χ1) is 18.8. The predicted molar refractivity (Wildman–Crippen MR) is 153 cm³/mol. The molecule has 0 saturated heterocycles. The summed E-state index contributed by atoms with van der Waals surface area (Å²) >= 11 is 0. The second-order valence-corrected chi connectivity index (χ2v) is 9.45. The molecule has 0 amide bonds. The molecule has 0 aliphatic carbocycles. The number of rotatable bonds is 3. The molecule has 0 aliphatic heterocycles. The fourth-order valence-electron chi connectivity index (χ4n) is 5.41. The topological polar surface area (TPSA) is 52.1 Å². The number of para-hydroxylation sites is 2. The Hall–Kier alpha value is -5.22. The average molecular weight is 489 g/mol. The van der Waals surface area contributed by atoms with Crippen molar-refractivity contribution in [2.24, 2.45) is 0 Å². The summed E-state index contributed by atoms with van der Waals surface area (Å²) < 4.78 is 12.8. The van der Waals surface area contributed by atoms with Crippen molar-refractivity contribution in [3.63, 3.8) is 0 Å². The van der Waals surface area contributed by atoms with E-state index in [4.69, 9.17) is 8.83 Å². The summed E-state index contributed by atoms with van der Waals surface area (Å²) in [6, 6.07) is 35.4. The van der Waals surface area contributed by atoms with Crippen LogP contribution in [0.1, 0.15) is 0 Å². The number of furan rings is 2. The van der Waals surface area contributed by atoms with E-state index >= 15 is 0 Å². The van der Waals surface area contributed by atoms with Crippen LogP contribution in [0.25, 0.3) is 77.4 Å². The molecule has 4 aromatic carbocycles. The van der Waals surface area contributed by atoms with Gasteiger partial charge in [-0.05, 0) is 52.6 Å². The minimum absolute atomic E-state index is 0.792. The van der Waals surface area contributed by atoms with E-state index < -0.39 is 0 Å². The van der Waals surface area contributed by atoms with Crippen LogP contribution < -0.4 is 0 Å². The van der Waals surface area contributed by atoms with Gasteiger partial charge in [0.25, 0.3) is 0 Å². The van der Waals surface area contributed by atoms with Crippen LogP contribution in [-0.4, -0.2) is 9.97 Å². The van der Waals surface area contributed by atoms with Crippen molar-refractivity contribution in [2.45, 2.75) is 0 Å². The first-order valence-electron chi connectivity index (χ1n) is 12.6. The Kier molecular flexibility index (Phi) is 4.49. The van der Waals surface area contributed by atoms with Crippen LogP contribution in [0.3, 0.4) is 0 Å². The quantitative estimate of drug-likeness (QED) is 0.249. The van der Waals surface area contributed by atoms with Gasteiger partial charge in [-0.25, -0.2) is 0 Å². The molecule has 4 heteroatoms. The van der Waals surface area contributed by atoms with E-state index in [1.807, 2.05) is 24.4 Å². The summed E-state index contributed by atoms with van der Waals surface area (Å²) in [7, 11) is 0. The second kappa shape index (κ2) is 8.15. The lowest BCUT2D eigenvalue weighted by molar-refractivity contribution is 0.668. The molecular weight excluding hydrogens is 468 g/mol. The van der Waals surface area contributed by atoms with Crippen molar-refractivity contribution in [3.05, 3.63) is 122 Å². The Bertz CT molecular complexity index is 2120. The van der Waals surface area contributed by atoms with Gasteiger partial charge in [-0.15, -0.1) is 0 Å². The van der Waals surface area contributed by atoms with Crippen molar-refractivity contribution in [3.8, 4) is 33.4 Å². The minimum atomic E-state index is 0.792. The molecule has 0 radical (unpaired) electrons. The average Bonchev–Trinajstić information content (AvgIpc) is 3.56. The fraction of sp³-hybridized carbons (Fsp3) is 0. The molecule has 0 unspecified atom stereocenters. The zero-order chi connectivity index (χ0) is 25.1. The van der Waals surface area contributed by atoms with Crippen molar-refractivity contribution in [1.29, 1.82) is 0 Å². The molecule has 0 spiro atoms. The van der Waals surface area contributed by atoms with Crippen LogP contribution in [0, 0.1) is 0 Å². The molecule has 4 heterocycles. The largest absolute Gasteiger partial charge is 0.455 e. The zero-order valence-electron chi connectivity index (χ0n) is 20.3. The summed E-state index contributed by atoms with van der Waals surface area (Å²) in [5.41, 5.74) is 10.7. The molecule has 0 atom stereocenters. The molecular formula is C34H20N2O2. The molecule has 8 rings (SSSR count). The van der Waals surface area contributed by atoms with Crippen LogP contribution in [0.2, 0.25) is 0 Å². The third kappa shape index (κ3) is 3.17. The molecule has 8 aromatic rings. The first kappa shape index (κ1) is 20.9. The summed E-state index contributed by atoms with van der Waals surface area (Å²) in [6.45, 7) is 0. The van der Waals surface area contributed by atoms with Crippen molar-refractivity contribution in [2.75, 3.05) is 0 Å². The van der Waals surface area contributed by atoms with Crippen molar-refractivity contribution in [1.82, 2.24) is 9.97 Å². The van der Waals surface area contributed by atoms with Crippen molar-refractivity contribution >= 4 is 44.0 Å². The van der Waals surface area contributed by atoms with Gasteiger partial charge in [0.2, 0.25) is 0 Å². The van der Waals surface area contributed by atoms with Crippen LogP contribution in [0.15, 0.2) is 131 Å². The Morgan fingerprint density at radius 2 is 1.18 bits per heavy atom. The normalized spacial score (nSPS) is 11.7. The maximum absolute atomic E-state index is 6.66. The number of benzene rings is 4. The second-order valence-electron chi connectivity index (χ2n) is 9.45. The van der Waals surface area contributed by atoms with Gasteiger partial charge in [0.05, 0.1) is 0 Å². The van der Waals surface area contributed by atoms with Gasteiger partial charge in [0, 0.05) is 45.9 Å². The summed E-state index contributed by atoms with van der Waals surface area (Å²) in [5.74, 6) is 0. The monoisotopic (exact) mass is 488 g/mol. The predicted octanol–water partition coefficient (Wildman–Crippen LogP) is 9.28. The highest BCUT2D eigenvalue weighted by Gasteiger charge is 2.17. The summed E-state index contributed by atoms with van der Waals surface area (Å²) in [6.07, 6.45) is 5.47. The molecule has 4 nitrogen and oxygen atoms in total. The number of fused-ring (bicyclic) bond motifs is 6. The summed E-state index contributed by atoms with van der Waals surface area (Å²) in [5, 5.41) is 3.21. The van der Waals surface area contributed by atoms with Gasteiger partial charge in [0.15, 0.2) is 5.58 Å². The van der Waals surface area contributed by atoms with Gasteiger partial charge < -0.3 is 8.83 Å². The van der Waals surface area contributed by atoms with E-state index in [1.54, 1.807) is 12.4 Å². The SMILES string of the molecule is c1cncc(-c2ccc(-c3cccc4c3oc3c(-c5ccc6c(c5)oc5cccnc56)cccc34)cc2)c1. The first-order valence-corrected chi connectivity index (χ1v) is 12.6. The number of pyridine rings is 2. The number of nitrogens with zero attached hydrogens (tertiary/aromatic N) is 2. The third-order valence-electron chi connectivity index (χ3n) is 7.25. The summed E-state index contributed by atoms with van der Waals surface area (Å²) in [4.78, 5) is 8.74. The molecule has 178 valence electrons. The van der Waals surface area contributed by atoms with Crippen LogP contribution >= 0.6 is 0 Å². The number of hydrogen-bond donors (Lipinski definition) is 0. The molecule has 0 aliphatic rings. The lowest BCUT2D eigenvalue weighted by Gasteiger charge is -2.05. The minimum Gasteiger partial charge on any atom is -0.455 e.